The molecule has 3 aromatic heterocycles. The molecule has 0 aliphatic heterocycles. The lowest BCUT2D eigenvalue weighted by Crippen LogP contribution is -2.22. The molecule has 0 amide bonds. The van der Waals surface area contributed by atoms with Gasteiger partial charge in [-0.25, -0.2) is 23.1 Å². The maximum atomic E-state index is 13.3. The van der Waals surface area contributed by atoms with E-state index in [0.29, 0.717) is 5.56 Å². The lowest BCUT2D eigenvalue weighted by atomic mass is 10.1. The molecule has 30 heavy (non-hydrogen) atoms. The molecule has 156 valence electrons. The van der Waals surface area contributed by atoms with Crippen molar-refractivity contribution >= 4 is 11.5 Å². The average molecular weight is 426 g/mol. The van der Waals surface area contributed by atoms with Crippen molar-refractivity contribution < 1.29 is 26.3 Å². The summed E-state index contributed by atoms with van der Waals surface area (Å²) in [5.41, 5.74) is 1.01. The van der Waals surface area contributed by atoms with Gasteiger partial charge < -0.3 is 4.57 Å². The molecule has 1 aromatic carbocycles. The lowest BCUT2D eigenvalue weighted by molar-refractivity contribution is -0.100. The zero-order valence-electron chi connectivity index (χ0n) is 14.9. The van der Waals surface area contributed by atoms with Crippen LogP contribution < -0.4 is 5.32 Å². The predicted octanol–water partition coefficient (Wildman–Crippen LogP) is 4.60. The first-order chi connectivity index (χ1) is 14.2. The topological polar surface area (TPSA) is 60.0 Å². The second kappa shape index (κ2) is 7.35. The summed E-state index contributed by atoms with van der Waals surface area (Å²) in [5, 5.41) is 5.48. The van der Waals surface area contributed by atoms with Gasteiger partial charge in [0, 0.05) is 5.56 Å². The molecule has 4 aromatic rings. The predicted molar refractivity (Wildman–Crippen MR) is 95.3 cm³/mol. The largest absolute Gasteiger partial charge is 0.483 e. The van der Waals surface area contributed by atoms with Crippen LogP contribution in [0.15, 0.2) is 48.9 Å². The van der Waals surface area contributed by atoms with Crippen molar-refractivity contribution in [2.45, 2.75) is 19.3 Å². The number of fused-ring (bicyclic) bond motifs is 1. The van der Waals surface area contributed by atoms with E-state index in [-0.39, 0.29) is 22.7 Å². The molecule has 0 spiro atoms. The Hall–Kier alpha value is -3.57. The first-order valence-electron chi connectivity index (χ1n) is 8.50. The summed E-state index contributed by atoms with van der Waals surface area (Å²) in [4.78, 5) is 7.98. The molecule has 0 unspecified atom stereocenters. The Morgan fingerprint density at radius 1 is 1.00 bits per heavy atom. The normalized spacial score (nSPS) is 12.1. The van der Waals surface area contributed by atoms with Gasteiger partial charge in [0.05, 0.1) is 30.5 Å². The van der Waals surface area contributed by atoms with Crippen LogP contribution in [0.5, 0.6) is 0 Å². The third kappa shape index (κ3) is 3.93. The van der Waals surface area contributed by atoms with Gasteiger partial charge in [-0.1, -0.05) is 0 Å². The third-order valence-electron chi connectivity index (χ3n) is 4.16. The summed E-state index contributed by atoms with van der Waals surface area (Å²) in [6.45, 7) is -0.708. The highest BCUT2D eigenvalue weighted by Crippen LogP contribution is 2.31. The van der Waals surface area contributed by atoms with E-state index in [1.165, 1.54) is 48.0 Å². The number of hydrogen-bond donors (Lipinski definition) is 1. The Balaban J connectivity index is 1.87. The summed E-state index contributed by atoms with van der Waals surface area (Å²) in [5.74, 6) is -0.934. The van der Waals surface area contributed by atoms with Crippen LogP contribution >= 0.6 is 0 Å². The highest BCUT2D eigenvalue weighted by atomic mass is 19.4. The van der Waals surface area contributed by atoms with Crippen LogP contribution in [-0.2, 0) is 6.54 Å². The molecule has 0 atom stereocenters. The van der Waals surface area contributed by atoms with Gasteiger partial charge in [-0.15, -0.1) is 0 Å². The molecule has 0 bridgehead atoms. The van der Waals surface area contributed by atoms with Crippen LogP contribution in [0, 0.1) is 5.82 Å². The molecule has 12 heteroatoms. The maximum Gasteiger partial charge on any atom is 0.483 e. The van der Waals surface area contributed by atoms with Crippen LogP contribution in [0.25, 0.3) is 28.3 Å². The minimum Gasteiger partial charge on any atom is -0.323 e. The van der Waals surface area contributed by atoms with Crippen molar-refractivity contribution in [2.24, 2.45) is 0 Å². The second-order valence-corrected chi connectivity index (χ2v) is 6.25. The molecule has 4 rings (SSSR count). The van der Waals surface area contributed by atoms with E-state index in [1.807, 2.05) is 0 Å². The van der Waals surface area contributed by atoms with E-state index in [0.717, 1.165) is 15.3 Å². The maximum absolute atomic E-state index is 13.3. The zero-order chi connectivity index (χ0) is 21.5. The van der Waals surface area contributed by atoms with Gasteiger partial charge in [0.25, 0.3) is 6.43 Å². The summed E-state index contributed by atoms with van der Waals surface area (Å²) in [7, 11) is 0. The molecule has 1 N–H and O–H groups in total. The summed E-state index contributed by atoms with van der Waals surface area (Å²) < 4.78 is 79.7. The Morgan fingerprint density at radius 2 is 1.73 bits per heavy atom. The van der Waals surface area contributed by atoms with Gasteiger partial charge >= 0.3 is 6.30 Å². The third-order valence-corrected chi connectivity index (χ3v) is 4.16. The highest BCUT2D eigenvalue weighted by molar-refractivity contribution is 5.77. The Kier molecular flexibility index (Phi) is 4.84. The number of rotatable bonds is 5. The first kappa shape index (κ1) is 19.7. The summed E-state index contributed by atoms with van der Waals surface area (Å²) >= 11 is 0. The summed E-state index contributed by atoms with van der Waals surface area (Å²) in [6.07, 6.45) is -5.30. The number of alkyl halides is 5. The van der Waals surface area contributed by atoms with E-state index < -0.39 is 30.9 Å². The van der Waals surface area contributed by atoms with Crippen molar-refractivity contribution in [3.05, 3.63) is 54.7 Å². The minimum atomic E-state index is -4.72. The molecule has 6 nitrogen and oxygen atoms in total. The van der Waals surface area contributed by atoms with Crippen LogP contribution in [0.1, 0.15) is 0 Å². The van der Waals surface area contributed by atoms with E-state index in [1.54, 1.807) is 0 Å². The minimum absolute atomic E-state index is 0.0863. The first-order valence-corrected chi connectivity index (χ1v) is 8.50. The quantitative estimate of drug-likeness (QED) is 0.375. The zero-order valence-corrected chi connectivity index (χ0v) is 14.9. The second-order valence-electron chi connectivity index (χ2n) is 6.25. The van der Waals surface area contributed by atoms with Gasteiger partial charge in [-0.2, -0.15) is 22.8 Å². The van der Waals surface area contributed by atoms with Gasteiger partial charge in [0.15, 0.2) is 11.5 Å². The fourth-order valence-corrected chi connectivity index (χ4v) is 2.99. The number of anilines is 1. The SMILES string of the molecule is Fc1ccc(-c2ncn(CC(F)F)c2-c2ccc3ncc(NC(F)(F)F)n3n2)cc1. The number of nitrogens with one attached hydrogen (secondary N) is 1. The Bertz CT molecular complexity index is 1180. The standard InChI is InChI=1S/C18H12F6N6/c19-11-3-1-10(2-4-11)16-17(29(9-26-16)8-13(20)21)12-5-6-14-25-7-15(30(14)28-12)27-18(22,23)24/h1-7,9,13,27H,8H2. The molecule has 0 radical (unpaired) electrons. The fraction of sp³-hybridized carbons (Fsp3) is 0.167. The van der Waals surface area contributed by atoms with E-state index >= 15 is 0 Å². The average Bonchev–Trinajstić information content (AvgIpc) is 3.25. The van der Waals surface area contributed by atoms with Crippen molar-refractivity contribution in [1.29, 1.82) is 0 Å². The molecular formula is C18H12F6N6. The van der Waals surface area contributed by atoms with E-state index in [4.69, 9.17) is 0 Å². The van der Waals surface area contributed by atoms with Crippen LogP contribution in [0.4, 0.5) is 32.2 Å². The smallest absolute Gasteiger partial charge is 0.323 e. The van der Waals surface area contributed by atoms with Crippen LogP contribution in [-0.4, -0.2) is 36.9 Å². The van der Waals surface area contributed by atoms with Crippen molar-refractivity contribution in [3.8, 4) is 22.6 Å². The van der Waals surface area contributed by atoms with Gasteiger partial charge in [-0.05, 0) is 36.4 Å². The van der Waals surface area contributed by atoms with E-state index in [9.17, 15) is 26.3 Å². The number of aromatic nitrogens is 5. The van der Waals surface area contributed by atoms with E-state index in [2.05, 4.69) is 15.1 Å². The molecular weight excluding hydrogens is 414 g/mol. The van der Waals surface area contributed by atoms with Crippen LogP contribution in [0.3, 0.4) is 0 Å². The molecule has 0 saturated carbocycles. The van der Waals surface area contributed by atoms with Gasteiger partial charge in [0.1, 0.15) is 11.5 Å². The Labute approximate surface area is 164 Å². The number of imidazole rings is 2. The van der Waals surface area contributed by atoms with Gasteiger partial charge in [-0.3, -0.25) is 5.32 Å². The van der Waals surface area contributed by atoms with Crippen molar-refractivity contribution in [3.63, 3.8) is 0 Å². The monoisotopic (exact) mass is 426 g/mol. The molecule has 0 saturated heterocycles. The molecule has 0 fully saturated rings. The number of nitrogens with zero attached hydrogens (tertiary/aromatic N) is 5. The molecule has 0 aliphatic rings. The van der Waals surface area contributed by atoms with Crippen LogP contribution in [0.2, 0.25) is 0 Å². The summed E-state index contributed by atoms with van der Waals surface area (Å²) in [6, 6.07) is 8.04. The number of halogens is 6. The number of benzene rings is 1. The van der Waals surface area contributed by atoms with Gasteiger partial charge in [0.2, 0.25) is 0 Å². The lowest BCUT2D eigenvalue weighted by Gasteiger charge is -2.12. The number of hydrogen-bond acceptors (Lipinski definition) is 4. The highest BCUT2D eigenvalue weighted by Gasteiger charge is 2.29. The molecule has 0 aliphatic carbocycles. The fourth-order valence-electron chi connectivity index (χ4n) is 2.99. The van der Waals surface area contributed by atoms with Crippen molar-refractivity contribution in [1.82, 2.24) is 24.1 Å². The molecule has 3 heterocycles. The van der Waals surface area contributed by atoms with Crippen molar-refractivity contribution in [2.75, 3.05) is 5.32 Å². The Morgan fingerprint density at radius 3 is 2.40 bits per heavy atom.